The van der Waals surface area contributed by atoms with Crippen LogP contribution in [0.15, 0.2) is 0 Å². The summed E-state index contributed by atoms with van der Waals surface area (Å²) in [7, 11) is -4.31. The van der Waals surface area contributed by atoms with Crippen molar-refractivity contribution in [2.75, 3.05) is 0 Å². The van der Waals surface area contributed by atoms with E-state index in [0.717, 1.165) is 19.3 Å². The first-order chi connectivity index (χ1) is 11.0. The topological polar surface area (TPSA) is 63.6 Å². The Balaban J connectivity index is 3.42. The molecule has 0 saturated carbocycles. The first-order valence-corrected chi connectivity index (χ1v) is 11.0. The molecule has 0 fully saturated rings. The highest BCUT2D eigenvalue weighted by molar-refractivity contribution is 7.80. The van der Waals surface area contributed by atoms with Gasteiger partial charge >= 0.3 is 10.4 Å². The summed E-state index contributed by atoms with van der Waals surface area (Å²) in [6, 6.07) is 0. The molecule has 1 N–H and O–H groups in total. The van der Waals surface area contributed by atoms with Gasteiger partial charge in [-0.1, -0.05) is 97.3 Å². The molecule has 0 rings (SSSR count). The molecule has 0 aliphatic carbocycles. The van der Waals surface area contributed by atoms with Gasteiger partial charge in [0, 0.05) is 0 Å². The fraction of sp³-hybridized carbons (Fsp3) is 1.00. The first-order valence-electron chi connectivity index (χ1n) is 9.65. The van der Waals surface area contributed by atoms with E-state index in [1.54, 1.807) is 0 Å². The Morgan fingerprint density at radius 1 is 0.696 bits per heavy atom. The summed E-state index contributed by atoms with van der Waals surface area (Å²) in [6.45, 7) is 4.24. The van der Waals surface area contributed by atoms with Gasteiger partial charge in [0.25, 0.3) is 0 Å². The molecule has 4 nitrogen and oxygen atoms in total. The Hall–Kier alpha value is -0.130. The van der Waals surface area contributed by atoms with Crippen LogP contribution in [0.2, 0.25) is 0 Å². The minimum absolute atomic E-state index is 0.363. The summed E-state index contributed by atoms with van der Waals surface area (Å²) >= 11 is 0. The Morgan fingerprint density at radius 3 is 1.52 bits per heavy atom. The van der Waals surface area contributed by atoms with Crippen LogP contribution in [-0.4, -0.2) is 19.1 Å². The van der Waals surface area contributed by atoms with E-state index in [0.29, 0.717) is 12.8 Å². The molecule has 0 saturated heterocycles. The minimum atomic E-state index is -4.31. The SMILES string of the molecule is CCCCCCCCCCCCCCC(CCC)OS(=O)(=O)O. The molecule has 23 heavy (non-hydrogen) atoms. The Morgan fingerprint density at radius 2 is 1.13 bits per heavy atom. The molecule has 0 amide bonds. The highest BCUT2D eigenvalue weighted by Gasteiger charge is 2.15. The minimum Gasteiger partial charge on any atom is -0.264 e. The second kappa shape index (κ2) is 15.4. The molecular weight excluding hydrogens is 312 g/mol. The summed E-state index contributed by atoms with van der Waals surface area (Å²) in [5.74, 6) is 0. The third-order valence-electron chi connectivity index (χ3n) is 4.25. The molecule has 0 aromatic rings. The lowest BCUT2D eigenvalue weighted by atomic mass is 10.0. The largest absolute Gasteiger partial charge is 0.397 e. The molecule has 0 radical (unpaired) electrons. The van der Waals surface area contributed by atoms with Gasteiger partial charge in [0.2, 0.25) is 0 Å². The van der Waals surface area contributed by atoms with E-state index in [9.17, 15) is 8.42 Å². The highest BCUT2D eigenvalue weighted by Crippen LogP contribution is 2.16. The van der Waals surface area contributed by atoms with Crippen LogP contribution in [0.1, 0.15) is 110 Å². The molecule has 5 heteroatoms. The van der Waals surface area contributed by atoms with Gasteiger partial charge in [-0.3, -0.25) is 4.55 Å². The van der Waals surface area contributed by atoms with Gasteiger partial charge in [-0.2, -0.15) is 8.42 Å². The lowest BCUT2D eigenvalue weighted by molar-refractivity contribution is 0.160. The Labute approximate surface area is 144 Å². The summed E-state index contributed by atoms with van der Waals surface area (Å²) in [6.07, 6.45) is 17.3. The van der Waals surface area contributed by atoms with E-state index in [1.165, 1.54) is 64.2 Å². The van der Waals surface area contributed by atoms with Crippen LogP contribution < -0.4 is 0 Å². The standard InChI is InChI=1S/C18H38O4S/c1-3-5-6-7-8-9-10-11-12-13-14-15-17-18(16-4-2)22-23(19,20)21/h18H,3-17H2,1-2H3,(H,19,20,21). The molecule has 140 valence electrons. The maximum atomic E-state index is 10.8. The average Bonchev–Trinajstić information content (AvgIpc) is 2.47. The second-order valence-corrected chi connectivity index (χ2v) is 7.66. The molecular formula is C18H38O4S. The zero-order valence-corrected chi connectivity index (χ0v) is 16.1. The van der Waals surface area contributed by atoms with Gasteiger partial charge in [-0.05, 0) is 12.8 Å². The smallest absolute Gasteiger partial charge is 0.264 e. The van der Waals surface area contributed by atoms with Gasteiger partial charge in [-0.15, -0.1) is 0 Å². The van der Waals surface area contributed by atoms with E-state index in [-0.39, 0.29) is 6.10 Å². The summed E-state index contributed by atoms with van der Waals surface area (Å²) in [5.41, 5.74) is 0. The van der Waals surface area contributed by atoms with Gasteiger partial charge in [-0.25, -0.2) is 4.18 Å². The van der Waals surface area contributed by atoms with Crippen molar-refractivity contribution in [1.82, 2.24) is 0 Å². The molecule has 0 aliphatic rings. The number of hydrogen-bond donors (Lipinski definition) is 1. The molecule has 1 unspecified atom stereocenters. The van der Waals surface area contributed by atoms with Crippen molar-refractivity contribution in [3.63, 3.8) is 0 Å². The van der Waals surface area contributed by atoms with Crippen molar-refractivity contribution in [3.05, 3.63) is 0 Å². The second-order valence-electron chi connectivity index (χ2n) is 6.61. The molecule has 0 aromatic carbocycles. The average molecular weight is 351 g/mol. The zero-order valence-electron chi connectivity index (χ0n) is 15.3. The van der Waals surface area contributed by atoms with Crippen LogP contribution >= 0.6 is 0 Å². The molecule has 0 aliphatic heterocycles. The van der Waals surface area contributed by atoms with Crippen LogP contribution in [0, 0.1) is 0 Å². The first kappa shape index (κ1) is 22.9. The molecule has 0 spiro atoms. The van der Waals surface area contributed by atoms with E-state index in [2.05, 4.69) is 6.92 Å². The molecule has 0 aromatic heterocycles. The third-order valence-corrected chi connectivity index (χ3v) is 4.76. The van der Waals surface area contributed by atoms with Crippen molar-refractivity contribution >= 4 is 10.4 Å². The summed E-state index contributed by atoms with van der Waals surface area (Å²) < 4.78 is 35.0. The van der Waals surface area contributed by atoms with Crippen molar-refractivity contribution in [3.8, 4) is 0 Å². The van der Waals surface area contributed by atoms with Crippen molar-refractivity contribution in [1.29, 1.82) is 0 Å². The van der Waals surface area contributed by atoms with Crippen LogP contribution in [0.3, 0.4) is 0 Å². The van der Waals surface area contributed by atoms with E-state index in [1.807, 2.05) is 6.92 Å². The number of rotatable bonds is 17. The van der Waals surface area contributed by atoms with Gasteiger partial charge < -0.3 is 0 Å². The van der Waals surface area contributed by atoms with Crippen molar-refractivity contribution in [2.24, 2.45) is 0 Å². The van der Waals surface area contributed by atoms with Gasteiger partial charge in [0.1, 0.15) is 0 Å². The summed E-state index contributed by atoms with van der Waals surface area (Å²) in [5, 5.41) is 0. The normalized spacial score (nSPS) is 13.3. The van der Waals surface area contributed by atoms with Gasteiger partial charge in [0.05, 0.1) is 6.10 Å². The van der Waals surface area contributed by atoms with Crippen LogP contribution in [0.5, 0.6) is 0 Å². The zero-order chi connectivity index (χ0) is 17.4. The van der Waals surface area contributed by atoms with E-state index >= 15 is 0 Å². The number of unbranched alkanes of at least 4 members (excludes halogenated alkanes) is 11. The van der Waals surface area contributed by atoms with Crippen molar-refractivity contribution < 1.29 is 17.2 Å². The molecule has 1 atom stereocenters. The highest BCUT2D eigenvalue weighted by atomic mass is 32.3. The van der Waals surface area contributed by atoms with Gasteiger partial charge in [0.15, 0.2) is 0 Å². The predicted molar refractivity (Wildman–Crippen MR) is 97.0 cm³/mol. The fourth-order valence-electron chi connectivity index (χ4n) is 2.95. The number of hydrogen-bond acceptors (Lipinski definition) is 3. The van der Waals surface area contributed by atoms with E-state index in [4.69, 9.17) is 8.74 Å². The lowest BCUT2D eigenvalue weighted by Crippen LogP contribution is -2.17. The summed E-state index contributed by atoms with van der Waals surface area (Å²) in [4.78, 5) is 0. The quantitative estimate of drug-likeness (QED) is 0.255. The maximum Gasteiger partial charge on any atom is 0.397 e. The van der Waals surface area contributed by atoms with E-state index < -0.39 is 10.4 Å². The lowest BCUT2D eigenvalue weighted by Gasteiger charge is -2.14. The Kier molecular flexibility index (Phi) is 15.3. The third kappa shape index (κ3) is 18.1. The maximum absolute atomic E-state index is 10.8. The monoisotopic (exact) mass is 350 g/mol. The van der Waals surface area contributed by atoms with Crippen molar-refractivity contribution in [2.45, 2.75) is 116 Å². The predicted octanol–water partition coefficient (Wildman–Crippen LogP) is 6.07. The molecule has 0 bridgehead atoms. The molecule has 0 heterocycles. The van der Waals surface area contributed by atoms with Crippen LogP contribution in [0.4, 0.5) is 0 Å². The Bertz CT molecular complexity index is 341. The fourth-order valence-corrected chi connectivity index (χ4v) is 3.48. The van der Waals surface area contributed by atoms with Crippen LogP contribution in [0.25, 0.3) is 0 Å². The van der Waals surface area contributed by atoms with Crippen LogP contribution in [-0.2, 0) is 14.6 Å².